The minimum absolute atomic E-state index is 0.0866. The summed E-state index contributed by atoms with van der Waals surface area (Å²) in [6.07, 6.45) is 5.05. The molecule has 19 heavy (non-hydrogen) atoms. The van der Waals surface area contributed by atoms with Crippen LogP contribution in [0.25, 0.3) is 0 Å². The highest BCUT2D eigenvalue weighted by Gasteiger charge is 2.27. The van der Waals surface area contributed by atoms with Gasteiger partial charge in [0.1, 0.15) is 5.76 Å². The Bertz CT molecular complexity index is 528. The average Bonchev–Trinajstić information content (AvgIpc) is 3.08. The monoisotopic (exact) mass is 260 g/mol. The van der Waals surface area contributed by atoms with E-state index in [1.54, 1.807) is 12.4 Å². The van der Waals surface area contributed by atoms with E-state index in [1.807, 2.05) is 12.1 Å². The summed E-state index contributed by atoms with van der Waals surface area (Å²) in [6, 6.07) is 3.76. The van der Waals surface area contributed by atoms with E-state index in [1.165, 1.54) is 0 Å². The highest BCUT2D eigenvalue weighted by Crippen LogP contribution is 2.28. The smallest absolute Gasteiger partial charge is 0.225 e. The van der Waals surface area contributed by atoms with Crippen LogP contribution in [-0.2, 0) is 6.42 Å². The lowest BCUT2D eigenvalue weighted by atomic mass is 10.0. The first-order valence-corrected chi connectivity index (χ1v) is 6.45. The molecule has 100 valence electrons. The van der Waals surface area contributed by atoms with E-state index >= 15 is 0 Å². The van der Waals surface area contributed by atoms with Gasteiger partial charge in [0.15, 0.2) is 0 Å². The molecule has 1 saturated heterocycles. The number of rotatable bonds is 4. The van der Waals surface area contributed by atoms with Crippen LogP contribution in [0.2, 0.25) is 0 Å². The summed E-state index contributed by atoms with van der Waals surface area (Å²) in [6.45, 7) is 1.87. The summed E-state index contributed by atoms with van der Waals surface area (Å²) in [5.74, 6) is 1.86. The molecule has 1 N–H and O–H groups in total. The first-order valence-electron chi connectivity index (χ1n) is 6.45. The van der Waals surface area contributed by atoms with Crippen LogP contribution in [0.15, 0.2) is 29.0 Å². The Balaban J connectivity index is 1.68. The summed E-state index contributed by atoms with van der Waals surface area (Å²) in [4.78, 5) is 10.7. The van der Waals surface area contributed by atoms with Crippen molar-refractivity contribution in [3.8, 4) is 0 Å². The molecule has 0 spiro atoms. The van der Waals surface area contributed by atoms with Crippen molar-refractivity contribution in [3.05, 3.63) is 36.0 Å². The fraction of sp³-hybridized carbons (Fsp3) is 0.462. The van der Waals surface area contributed by atoms with E-state index in [-0.39, 0.29) is 6.61 Å². The second-order valence-electron chi connectivity index (χ2n) is 4.67. The average molecular weight is 260 g/mol. The molecule has 0 saturated carbocycles. The van der Waals surface area contributed by atoms with Crippen molar-refractivity contribution in [2.75, 3.05) is 24.6 Å². The third kappa shape index (κ3) is 2.58. The van der Waals surface area contributed by atoms with Gasteiger partial charge in [0.25, 0.3) is 0 Å². The second kappa shape index (κ2) is 5.36. The summed E-state index contributed by atoms with van der Waals surface area (Å²) in [5, 5.41) is 13.0. The molecule has 0 bridgehead atoms. The molecule has 6 heteroatoms. The molecule has 1 aliphatic heterocycles. The minimum atomic E-state index is 0.0866. The standard InChI is InChI=1S/C13H16N4O2/c18-7-3-11-8-12(16-19-11)10-2-6-17(9-10)13-14-4-1-5-15-13/h1,4-5,8,10,18H,2-3,6-7,9H2/t10-/m1/s1. The predicted molar refractivity (Wildman–Crippen MR) is 68.9 cm³/mol. The SMILES string of the molecule is OCCc1cc([C@@H]2CCN(c3ncccn3)C2)no1. The minimum Gasteiger partial charge on any atom is -0.396 e. The molecular formula is C13H16N4O2. The predicted octanol–water partition coefficient (Wildman–Crippen LogP) is 0.993. The zero-order valence-corrected chi connectivity index (χ0v) is 10.6. The van der Waals surface area contributed by atoms with Crippen molar-refractivity contribution < 1.29 is 9.63 Å². The zero-order chi connectivity index (χ0) is 13.1. The number of hydrogen-bond donors (Lipinski definition) is 1. The zero-order valence-electron chi connectivity index (χ0n) is 10.6. The Morgan fingerprint density at radius 2 is 2.21 bits per heavy atom. The first kappa shape index (κ1) is 12.1. The number of aromatic nitrogens is 3. The molecule has 2 aromatic rings. The van der Waals surface area contributed by atoms with Gasteiger partial charge >= 0.3 is 0 Å². The lowest BCUT2D eigenvalue weighted by molar-refractivity contribution is 0.276. The van der Waals surface area contributed by atoms with Gasteiger partial charge in [-0.05, 0) is 12.5 Å². The van der Waals surface area contributed by atoms with Crippen LogP contribution < -0.4 is 4.90 Å². The Kier molecular flexibility index (Phi) is 3.41. The molecule has 0 unspecified atom stereocenters. The molecule has 0 amide bonds. The summed E-state index contributed by atoms with van der Waals surface area (Å²) < 4.78 is 5.20. The number of aliphatic hydroxyl groups is 1. The molecule has 1 aliphatic rings. The number of hydrogen-bond acceptors (Lipinski definition) is 6. The number of anilines is 1. The van der Waals surface area contributed by atoms with Gasteiger partial charge in [-0.25, -0.2) is 9.97 Å². The van der Waals surface area contributed by atoms with Gasteiger partial charge < -0.3 is 14.5 Å². The van der Waals surface area contributed by atoms with Crippen molar-refractivity contribution in [1.82, 2.24) is 15.1 Å². The van der Waals surface area contributed by atoms with Gasteiger partial charge in [0.05, 0.1) is 12.3 Å². The van der Waals surface area contributed by atoms with Crippen LogP contribution in [0.1, 0.15) is 23.8 Å². The van der Waals surface area contributed by atoms with E-state index in [9.17, 15) is 0 Å². The van der Waals surface area contributed by atoms with E-state index < -0.39 is 0 Å². The largest absolute Gasteiger partial charge is 0.396 e. The highest BCUT2D eigenvalue weighted by atomic mass is 16.5. The quantitative estimate of drug-likeness (QED) is 0.883. The molecule has 6 nitrogen and oxygen atoms in total. The lowest BCUT2D eigenvalue weighted by Crippen LogP contribution is -2.21. The first-order chi connectivity index (χ1) is 9.36. The van der Waals surface area contributed by atoms with Gasteiger partial charge in [0, 0.05) is 43.9 Å². The van der Waals surface area contributed by atoms with Crippen molar-refractivity contribution in [2.24, 2.45) is 0 Å². The normalized spacial score (nSPS) is 19.0. The molecular weight excluding hydrogens is 244 g/mol. The third-order valence-electron chi connectivity index (χ3n) is 3.38. The van der Waals surface area contributed by atoms with Crippen molar-refractivity contribution in [1.29, 1.82) is 0 Å². The van der Waals surface area contributed by atoms with Crippen LogP contribution >= 0.6 is 0 Å². The number of aliphatic hydroxyl groups excluding tert-OH is 1. The fourth-order valence-corrected chi connectivity index (χ4v) is 2.39. The Morgan fingerprint density at radius 1 is 1.37 bits per heavy atom. The van der Waals surface area contributed by atoms with Crippen LogP contribution in [0.4, 0.5) is 5.95 Å². The summed E-state index contributed by atoms with van der Waals surface area (Å²) in [5.41, 5.74) is 0.960. The van der Waals surface area contributed by atoms with Gasteiger partial charge in [-0.2, -0.15) is 0 Å². The van der Waals surface area contributed by atoms with E-state index in [4.69, 9.17) is 9.63 Å². The molecule has 0 radical (unpaired) electrons. The maximum absolute atomic E-state index is 8.87. The summed E-state index contributed by atoms with van der Waals surface area (Å²) in [7, 11) is 0. The van der Waals surface area contributed by atoms with E-state index in [0.717, 1.165) is 36.9 Å². The Morgan fingerprint density at radius 3 is 3.00 bits per heavy atom. The van der Waals surface area contributed by atoms with E-state index in [0.29, 0.717) is 12.3 Å². The molecule has 0 aliphatic carbocycles. The maximum atomic E-state index is 8.87. The van der Waals surface area contributed by atoms with Gasteiger partial charge in [-0.1, -0.05) is 5.16 Å². The van der Waals surface area contributed by atoms with Crippen molar-refractivity contribution in [2.45, 2.75) is 18.8 Å². The van der Waals surface area contributed by atoms with Crippen molar-refractivity contribution >= 4 is 5.95 Å². The van der Waals surface area contributed by atoms with Gasteiger partial charge in [-0.3, -0.25) is 0 Å². The molecule has 1 fully saturated rings. The molecule has 1 atom stereocenters. The Hall–Kier alpha value is -1.95. The van der Waals surface area contributed by atoms with Gasteiger partial charge in [-0.15, -0.1) is 0 Å². The van der Waals surface area contributed by atoms with Gasteiger partial charge in [0.2, 0.25) is 5.95 Å². The van der Waals surface area contributed by atoms with Crippen molar-refractivity contribution in [3.63, 3.8) is 0 Å². The van der Waals surface area contributed by atoms with E-state index in [2.05, 4.69) is 20.0 Å². The Labute approximate surface area is 111 Å². The van der Waals surface area contributed by atoms with Crippen LogP contribution in [0, 0.1) is 0 Å². The van der Waals surface area contributed by atoms with Crippen LogP contribution in [0.3, 0.4) is 0 Å². The fourth-order valence-electron chi connectivity index (χ4n) is 2.39. The number of nitrogens with zero attached hydrogens (tertiary/aromatic N) is 4. The topological polar surface area (TPSA) is 75.3 Å². The third-order valence-corrected chi connectivity index (χ3v) is 3.38. The summed E-state index contributed by atoms with van der Waals surface area (Å²) >= 11 is 0. The maximum Gasteiger partial charge on any atom is 0.225 e. The van der Waals surface area contributed by atoms with Crippen LogP contribution in [-0.4, -0.2) is 39.9 Å². The molecule has 2 aromatic heterocycles. The lowest BCUT2D eigenvalue weighted by Gasteiger charge is -2.14. The second-order valence-corrected chi connectivity index (χ2v) is 4.67. The molecule has 3 heterocycles. The highest BCUT2D eigenvalue weighted by molar-refractivity contribution is 5.33. The molecule has 0 aromatic carbocycles. The van der Waals surface area contributed by atoms with Crippen LogP contribution in [0.5, 0.6) is 0 Å². The molecule has 3 rings (SSSR count).